The van der Waals surface area contributed by atoms with Crippen LogP contribution in [0.5, 0.6) is 0 Å². The van der Waals surface area contributed by atoms with E-state index in [1.165, 1.54) is 4.90 Å². The molecule has 0 N–H and O–H groups in total. The monoisotopic (exact) mass is 228 g/mol. The Kier molecular flexibility index (Phi) is 3.87. The summed E-state index contributed by atoms with van der Waals surface area (Å²) in [5, 5.41) is 0. The Morgan fingerprint density at radius 3 is 2.44 bits per heavy atom. The number of amides is 3. The molecule has 0 aliphatic carbocycles. The lowest BCUT2D eigenvalue weighted by atomic mass is 10.3. The highest BCUT2D eigenvalue weighted by Crippen LogP contribution is 2.07. The predicted molar refractivity (Wildman–Crippen MR) is 55.6 cm³/mol. The number of hydrogen-bond donors (Lipinski definition) is 0. The lowest BCUT2D eigenvalue weighted by molar-refractivity contribution is -0.154. The average Bonchev–Trinajstić information content (AvgIpc) is 2.20. The maximum atomic E-state index is 11.6. The Labute approximate surface area is 94.1 Å². The summed E-state index contributed by atoms with van der Waals surface area (Å²) in [6.45, 7) is 6.20. The van der Waals surface area contributed by atoms with Gasteiger partial charge < -0.3 is 9.64 Å². The molecule has 0 aromatic carbocycles. The number of likely N-dealkylation sites (N-methyl/N-ethyl adjacent to an activating group) is 1. The van der Waals surface area contributed by atoms with Crippen molar-refractivity contribution in [2.75, 3.05) is 19.6 Å². The Bertz CT molecular complexity index is 314. The van der Waals surface area contributed by atoms with Crippen LogP contribution in [0.15, 0.2) is 0 Å². The van der Waals surface area contributed by atoms with E-state index in [1.807, 2.05) is 0 Å². The molecule has 16 heavy (non-hydrogen) atoms. The van der Waals surface area contributed by atoms with Crippen LogP contribution in [0.4, 0.5) is 4.79 Å². The fourth-order valence-electron chi connectivity index (χ4n) is 1.42. The van der Waals surface area contributed by atoms with E-state index in [2.05, 4.69) is 0 Å². The van der Waals surface area contributed by atoms with Crippen molar-refractivity contribution >= 4 is 17.9 Å². The predicted octanol–water partition coefficient (Wildman–Crippen LogP) is 0.222. The highest BCUT2D eigenvalue weighted by Gasteiger charge is 2.36. The summed E-state index contributed by atoms with van der Waals surface area (Å²) in [4.78, 5) is 36.8. The number of nitrogens with zero attached hydrogens (tertiary/aromatic N) is 2. The third-order valence-electron chi connectivity index (χ3n) is 2.25. The van der Waals surface area contributed by atoms with Crippen molar-refractivity contribution in [1.29, 1.82) is 0 Å². The fraction of sp³-hybridized carbons (Fsp3) is 0.700. The Morgan fingerprint density at radius 1 is 1.31 bits per heavy atom. The molecule has 0 unspecified atom stereocenters. The summed E-state index contributed by atoms with van der Waals surface area (Å²) in [6, 6.07) is 0. The molecule has 6 heteroatoms. The van der Waals surface area contributed by atoms with E-state index in [0.717, 1.165) is 4.90 Å². The summed E-state index contributed by atoms with van der Waals surface area (Å²) in [7, 11) is 0. The summed E-state index contributed by atoms with van der Waals surface area (Å²) >= 11 is 0. The third kappa shape index (κ3) is 2.50. The molecule has 0 spiro atoms. The first kappa shape index (κ1) is 12.5. The first-order valence-corrected chi connectivity index (χ1v) is 5.28. The maximum absolute atomic E-state index is 11.6. The minimum Gasteiger partial charge on any atom is -0.446 e. The van der Waals surface area contributed by atoms with Gasteiger partial charge in [-0.15, -0.1) is 0 Å². The molecule has 0 bridgehead atoms. The number of carbonyl (C=O) groups excluding carboxylic acids is 3. The van der Waals surface area contributed by atoms with Crippen molar-refractivity contribution in [1.82, 2.24) is 9.80 Å². The van der Waals surface area contributed by atoms with Gasteiger partial charge in [-0.05, 0) is 20.8 Å². The van der Waals surface area contributed by atoms with Gasteiger partial charge in [0.2, 0.25) is 0 Å². The van der Waals surface area contributed by atoms with Crippen LogP contribution in [-0.2, 0) is 14.3 Å². The minimum atomic E-state index is -0.807. The second-order valence-corrected chi connectivity index (χ2v) is 3.77. The lowest BCUT2D eigenvalue weighted by Crippen LogP contribution is -2.56. The van der Waals surface area contributed by atoms with Crippen LogP contribution in [0.25, 0.3) is 0 Å². The van der Waals surface area contributed by atoms with Gasteiger partial charge in [0.25, 0.3) is 0 Å². The van der Waals surface area contributed by atoms with Gasteiger partial charge >= 0.3 is 17.9 Å². The van der Waals surface area contributed by atoms with Gasteiger partial charge in [-0.1, -0.05) is 0 Å². The van der Waals surface area contributed by atoms with Crippen LogP contribution in [0.1, 0.15) is 20.8 Å². The standard InChI is InChI=1S/C10H16N2O4/c1-4-11-5-6-12(9(14)8(11)13)10(15)16-7(2)3/h7H,4-6H2,1-3H3. The Hall–Kier alpha value is -1.59. The van der Waals surface area contributed by atoms with Gasteiger partial charge in [0, 0.05) is 13.1 Å². The molecule has 1 fully saturated rings. The number of piperazine rings is 1. The van der Waals surface area contributed by atoms with E-state index in [1.54, 1.807) is 20.8 Å². The van der Waals surface area contributed by atoms with Crippen LogP contribution < -0.4 is 0 Å². The molecule has 0 aromatic heterocycles. The first-order chi connectivity index (χ1) is 7.47. The van der Waals surface area contributed by atoms with Crippen molar-refractivity contribution in [2.45, 2.75) is 26.9 Å². The quantitative estimate of drug-likeness (QED) is 0.634. The summed E-state index contributed by atoms with van der Waals surface area (Å²) in [5.41, 5.74) is 0. The lowest BCUT2D eigenvalue weighted by Gasteiger charge is -2.31. The van der Waals surface area contributed by atoms with Crippen molar-refractivity contribution in [2.24, 2.45) is 0 Å². The van der Waals surface area contributed by atoms with Crippen molar-refractivity contribution in [3.05, 3.63) is 0 Å². The van der Waals surface area contributed by atoms with E-state index in [9.17, 15) is 14.4 Å². The summed E-state index contributed by atoms with van der Waals surface area (Å²) in [5.74, 6) is -1.45. The van der Waals surface area contributed by atoms with Crippen LogP contribution in [0, 0.1) is 0 Å². The minimum absolute atomic E-state index is 0.198. The average molecular weight is 228 g/mol. The number of carbonyl (C=O) groups is 3. The second-order valence-electron chi connectivity index (χ2n) is 3.77. The normalized spacial score (nSPS) is 17.0. The number of ether oxygens (including phenoxy) is 1. The van der Waals surface area contributed by atoms with E-state index < -0.39 is 17.9 Å². The van der Waals surface area contributed by atoms with Gasteiger partial charge in [0.1, 0.15) is 0 Å². The van der Waals surface area contributed by atoms with Crippen LogP contribution in [0.3, 0.4) is 0 Å². The Morgan fingerprint density at radius 2 is 1.94 bits per heavy atom. The first-order valence-electron chi connectivity index (χ1n) is 5.28. The topological polar surface area (TPSA) is 66.9 Å². The van der Waals surface area contributed by atoms with Gasteiger partial charge in [0.05, 0.1) is 12.6 Å². The molecular formula is C10H16N2O4. The van der Waals surface area contributed by atoms with Crippen molar-refractivity contribution < 1.29 is 19.1 Å². The highest BCUT2D eigenvalue weighted by molar-refractivity contribution is 6.37. The highest BCUT2D eigenvalue weighted by atomic mass is 16.6. The Balaban J connectivity index is 2.68. The molecule has 0 atom stereocenters. The van der Waals surface area contributed by atoms with E-state index in [4.69, 9.17) is 4.74 Å². The van der Waals surface area contributed by atoms with Gasteiger partial charge in [-0.3, -0.25) is 9.59 Å². The van der Waals surface area contributed by atoms with E-state index >= 15 is 0 Å². The summed E-state index contributed by atoms with van der Waals surface area (Å²) in [6.07, 6.45) is -1.05. The molecule has 90 valence electrons. The molecule has 6 nitrogen and oxygen atoms in total. The van der Waals surface area contributed by atoms with Crippen molar-refractivity contribution in [3.8, 4) is 0 Å². The SMILES string of the molecule is CCN1CCN(C(=O)OC(C)C)C(=O)C1=O. The molecule has 0 aromatic rings. The molecule has 1 aliphatic heterocycles. The largest absolute Gasteiger partial charge is 0.446 e. The summed E-state index contributed by atoms with van der Waals surface area (Å²) < 4.78 is 4.87. The van der Waals surface area contributed by atoms with Gasteiger partial charge in [-0.2, -0.15) is 0 Å². The molecule has 0 saturated carbocycles. The zero-order chi connectivity index (χ0) is 12.3. The molecular weight excluding hydrogens is 212 g/mol. The smallest absolute Gasteiger partial charge is 0.417 e. The van der Waals surface area contributed by atoms with Crippen LogP contribution >= 0.6 is 0 Å². The molecule has 1 heterocycles. The maximum Gasteiger partial charge on any atom is 0.417 e. The number of hydrogen-bond acceptors (Lipinski definition) is 4. The fourth-order valence-corrected chi connectivity index (χ4v) is 1.42. The number of imide groups is 1. The zero-order valence-corrected chi connectivity index (χ0v) is 9.73. The van der Waals surface area contributed by atoms with E-state index in [0.29, 0.717) is 13.1 Å². The molecule has 1 rings (SSSR count). The van der Waals surface area contributed by atoms with E-state index in [-0.39, 0.29) is 12.6 Å². The second kappa shape index (κ2) is 4.96. The molecule has 1 aliphatic rings. The van der Waals surface area contributed by atoms with Crippen LogP contribution in [0.2, 0.25) is 0 Å². The van der Waals surface area contributed by atoms with Gasteiger partial charge in [-0.25, -0.2) is 9.69 Å². The number of rotatable bonds is 2. The third-order valence-corrected chi connectivity index (χ3v) is 2.25. The molecule has 1 saturated heterocycles. The molecule has 0 radical (unpaired) electrons. The van der Waals surface area contributed by atoms with Crippen molar-refractivity contribution in [3.63, 3.8) is 0 Å². The molecule has 3 amide bonds. The van der Waals surface area contributed by atoms with Gasteiger partial charge in [0.15, 0.2) is 0 Å². The zero-order valence-electron chi connectivity index (χ0n) is 9.73. The van der Waals surface area contributed by atoms with Crippen LogP contribution in [-0.4, -0.2) is 53.4 Å².